The van der Waals surface area contributed by atoms with E-state index in [2.05, 4.69) is 24.7 Å². The van der Waals surface area contributed by atoms with Gasteiger partial charge in [0.2, 0.25) is 5.95 Å². The van der Waals surface area contributed by atoms with Crippen LogP contribution in [0.5, 0.6) is 0 Å². The monoisotopic (exact) mass is 370 g/mol. The standard InChI is InChI=1S/C12H11ClN6O2S2/c1-21-10(20)5-2-4(7(13)23-5)3-22-12-16-6-8(14)17-11(15)18-9(6)19-12/h2H,3H2,1H3,(H5,14,15,16,17,18,19). The number of aromatic nitrogens is 4. The molecular weight excluding hydrogens is 360 g/mol. The van der Waals surface area contributed by atoms with Crippen molar-refractivity contribution in [1.82, 2.24) is 19.9 Å². The lowest BCUT2D eigenvalue weighted by Crippen LogP contribution is -1.99. The number of aromatic amines is 1. The SMILES string of the molecule is COC(=O)c1cc(CSc2nc3nc(N)nc(N)c3[nH]2)c(Cl)s1. The van der Waals surface area contributed by atoms with Crippen molar-refractivity contribution in [1.29, 1.82) is 0 Å². The van der Waals surface area contributed by atoms with Gasteiger partial charge in [-0.3, -0.25) is 0 Å². The molecule has 0 saturated heterocycles. The molecule has 3 aromatic heterocycles. The molecule has 23 heavy (non-hydrogen) atoms. The van der Waals surface area contributed by atoms with Gasteiger partial charge in [-0.15, -0.1) is 11.3 Å². The van der Waals surface area contributed by atoms with Gasteiger partial charge in [-0.2, -0.15) is 9.97 Å². The van der Waals surface area contributed by atoms with Gasteiger partial charge in [-0.25, -0.2) is 9.78 Å². The number of thiophene rings is 1. The van der Waals surface area contributed by atoms with E-state index in [1.54, 1.807) is 6.07 Å². The molecule has 0 bridgehead atoms. The van der Waals surface area contributed by atoms with Crippen molar-refractivity contribution < 1.29 is 9.53 Å². The number of nitrogens with two attached hydrogens (primary N) is 2. The summed E-state index contributed by atoms with van der Waals surface area (Å²) in [6.07, 6.45) is 0. The van der Waals surface area contributed by atoms with Gasteiger partial charge in [-0.1, -0.05) is 23.4 Å². The van der Waals surface area contributed by atoms with Crippen molar-refractivity contribution >= 4 is 63.6 Å². The molecule has 0 atom stereocenters. The number of nitrogen functional groups attached to an aromatic ring is 2. The quantitative estimate of drug-likeness (QED) is 0.470. The molecule has 0 unspecified atom stereocenters. The van der Waals surface area contributed by atoms with Crippen LogP contribution in [0.3, 0.4) is 0 Å². The highest BCUT2D eigenvalue weighted by molar-refractivity contribution is 7.98. The third-order valence-corrected chi connectivity index (χ3v) is 5.23. The molecule has 0 aliphatic rings. The molecule has 8 nitrogen and oxygen atoms in total. The minimum atomic E-state index is -0.407. The van der Waals surface area contributed by atoms with Crippen LogP contribution in [0.15, 0.2) is 11.2 Å². The Labute approximate surface area is 143 Å². The minimum absolute atomic E-state index is 0.0710. The predicted molar refractivity (Wildman–Crippen MR) is 90.7 cm³/mol. The average Bonchev–Trinajstić information content (AvgIpc) is 3.08. The summed E-state index contributed by atoms with van der Waals surface area (Å²) in [6, 6.07) is 1.71. The fraction of sp³-hybridized carbons (Fsp3) is 0.167. The van der Waals surface area contributed by atoms with E-state index < -0.39 is 5.97 Å². The summed E-state index contributed by atoms with van der Waals surface area (Å²) in [6.45, 7) is 0. The lowest BCUT2D eigenvalue weighted by atomic mass is 10.3. The van der Waals surface area contributed by atoms with Crippen molar-refractivity contribution in [3.05, 3.63) is 20.8 Å². The number of hydrogen-bond donors (Lipinski definition) is 3. The number of esters is 1. The van der Waals surface area contributed by atoms with Gasteiger partial charge < -0.3 is 21.2 Å². The highest BCUT2D eigenvalue weighted by Crippen LogP contribution is 2.33. The Morgan fingerprint density at radius 1 is 1.43 bits per heavy atom. The Hall–Kier alpha value is -2.04. The van der Waals surface area contributed by atoms with E-state index >= 15 is 0 Å². The number of H-pyrrole nitrogens is 1. The molecule has 0 saturated carbocycles. The molecule has 3 heterocycles. The number of methoxy groups -OCH3 is 1. The highest BCUT2D eigenvalue weighted by Gasteiger charge is 2.15. The van der Waals surface area contributed by atoms with Crippen molar-refractivity contribution in [2.45, 2.75) is 10.9 Å². The summed E-state index contributed by atoms with van der Waals surface area (Å²) in [7, 11) is 1.33. The first-order valence-corrected chi connectivity index (χ1v) is 8.44. The fourth-order valence-corrected chi connectivity index (χ4v) is 4.05. The molecule has 3 rings (SSSR count). The molecule has 0 aliphatic carbocycles. The number of fused-ring (bicyclic) bond motifs is 1. The first-order valence-electron chi connectivity index (χ1n) is 6.26. The van der Waals surface area contributed by atoms with Crippen LogP contribution >= 0.6 is 34.7 Å². The minimum Gasteiger partial charge on any atom is -0.465 e. The van der Waals surface area contributed by atoms with E-state index in [1.807, 2.05) is 0 Å². The van der Waals surface area contributed by atoms with E-state index in [9.17, 15) is 4.79 Å². The summed E-state index contributed by atoms with van der Waals surface area (Å²) in [5, 5.41) is 0.605. The number of imidazole rings is 1. The molecule has 0 radical (unpaired) electrons. The lowest BCUT2D eigenvalue weighted by molar-refractivity contribution is 0.0606. The number of halogens is 1. The van der Waals surface area contributed by atoms with Gasteiger partial charge in [0.05, 0.1) is 11.4 Å². The second-order valence-electron chi connectivity index (χ2n) is 4.40. The Kier molecular flexibility index (Phi) is 4.28. The first kappa shape index (κ1) is 15.8. The maximum absolute atomic E-state index is 11.5. The number of carbonyl (C=O) groups excluding carboxylic acids is 1. The summed E-state index contributed by atoms with van der Waals surface area (Å²) in [5.41, 5.74) is 13.1. The smallest absolute Gasteiger partial charge is 0.348 e. The normalized spacial score (nSPS) is 11.0. The van der Waals surface area contributed by atoms with Crippen LogP contribution in [0.25, 0.3) is 11.2 Å². The van der Waals surface area contributed by atoms with Gasteiger partial charge in [0.1, 0.15) is 10.4 Å². The van der Waals surface area contributed by atoms with E-state index in [4.69, 9.17) is 23.1 Å². The summed E-state index contributed by atoms with van der Waals surface area (Å²) < 4.78 is 5.22. The summed E-state index contributed by atoms with van der Waals surface area (Å²) in [4.78, 5) is 27.2. The van der Waals surface area contributed by atoms with Gasteiger partial charge in [0.15, 0.2) is 16.6 Å². The molecule has 0 amide bonds. The number of thioether (sulfide) groups is 1. The number of ether oxygens (including phenoxy) is 1. The van der Waals surface area contributed by atoms with Crippen LogP contribution in [-0.4, -0.2) is 33.0 Å². The number of nitrogens with one attached hydrogen (secondary N) is 1. The van der Waals surface area contributed by atoms with Crippen LogP contribution in [0, 0.1) is 0 Å². The van der Waals surface area contributed by atoms with Gasteiger partial charge in [-0.05, 0) is 11.6 Å². The number of nitrogens with zero attached hydrogens (tertiary/aromatic N) is 3. The molecular formula is C12H11ClN6O2S2. The Morgan fingerprint density at radius 2 is 2.22 bits per heavy atom. The average molecular weight is 371 g/mol. The zero-order valence-electron chi connectivity index (χ0n) is 11.8. The van der Waals surface area contributed by atoms with Crippen molar-refractivity contribution in [2.24, 2.45) is 0 Å². The Bertz CT molecular complexity index is 893. The van der Waals surface area contributed by atoms with Gasteiger partial charge in [0, 0.05) is 5.75 Å². The zero-order valence-corrected chi connectivity index (χ0v) is 14.2. The third-order valence-electron chi connectivity index (χ3n) is 2.88. The van der Waals surface area contributed by atoms with Crippen molar-refractivity contribution in [3.63, 3.8) is 0 Å². The van der Waals surface area contributed by atoms with Crippen LogP contribution in [0.1, 0.15) is 15.2 Å². The van der Waals surface area contributed by atoms with Crippen molar-refractivity contribution in [3.8, 4) is 0 Å². The largest absolute Gasteiger partial charge is 0.465 e. The highest BCUT2D eigenvalue weighted by atomic mass is 35.5. The van der Waals surface area contributed by atoms with E-state index in [-0.39, 0.29) is 11.8 Å². The Balaban J connectivity index is 1.80. The van der Waals surface area contributed by atoms with Gasteiger partial charge in [0.25, 0.3) is 0 Å². The Morgan fingerprint density at radius 3 is 2.96 bits per heavy atom. The molecule has 11 heteroatoms. The maximum atomic E-state index is 11.5. The number of anilines is 2. The lowest BCUT2D eigenvalue weighted by Gasteiger charge is -1.96. The first-order chi connectivity index (χ1) is 11.0. The van der Waals surface area contributed by atoms with E-state index in [1.165, 1.54) is 30.2 Å². The molecule has 0 aromatic carbocycles. The maximum Gasteiger partial charge on any atom is 0.348 e. The molecule has 0 fully saturated rings. The molecule has 120 valence electrons. The van der Waals surface area contributed by atoms with Crippen LogP contribution in [-0.2, 0) is 10.5 Å². The molecule has 5 N–H and O–H groups in total. The van der Waals surface area contributed by atoms with Crippen LogP contribution in [0.2, 0.25) is 4.34 Å². The number of rotatable bonds is 4. The number of hydrogen-bond acceptors (Lipinski definition) is 9. The second kappa shape index (κ2) is 6.22. The van der Waals surface area contributed by atoms with Crippen LogP contribution in [0.4, 0.5) is 11.8 Å². The topological polar surface area (TPSA) is 133 Å². The second-order valence-corrected chi connectivity index (χ2v) is 7.02. The van der Waals surface area contributed by atoms with Gasteiger partial charge >= 0.3 is 5.97 Å². The van der Waals surface area contributed by atoms with E-state index in [0.29, 0.717) is 31.3 Å². The summed E-state index contributed by atoms with van der Waals surface area (Å²) in [5.74, 6) is 0.431. The predicted octanol–water partition coefficient (Wildman–Crippen LogP) is 2.31. The third kappa shape index (κ3) is 3.19. The molecule has 0 aliphatic heterocycles. The summed E-state index contributed by atoms with van der Waals surface area (Å²) >= 11 is 8.72. The van der Waals surface area contributed by atoms with E-state index in [0.717, 1.165) is 5.56 Å². The van der Waals surface area contributed by atoms with Crippen molar-refractivity contribution in [2.75, 3.05) is 18.6 Å². The molecule has 0 spiro atoms. The van der Waals surface area contributed by atoms with Crippen LogP contribution < -0.4 is 11.5 Å². The number of carbonyl (C=O) groups is 1. The fourth-order valence-electron chi connectivity index (χ4n) is 1.84. The molecule has 3 aromatic rings. The zero-order chi connectivity index (χ0) is 16.6.